The van der Waals surface area contributed by atoms with Crippen LogP contribution in [0.15, 0.2) is 158 Å². The average Bonchev–Trinajstić information content (AvgIpc) is 1.63. The molecule has 16 rings (SSSR count). The number of hydrogen-bond donors (Lipinski definition) is 4. The van der Waals surface area contributed by atoms with Gasteiger partial charge in [-0.15, -0.1) is 0 Å². The molecule has 0 saturated heterocycles. The van der Waals surface area contributed by atoms with Gasteiger partial charge >= 0.3 is 0 Å². The molecule has 0 aliphatic carbocycles. The van der Waals surface area contributed by atoms with Crippen molar-refractivity contribution in [1.29, 1.82) is 0 Å². The third kappa shape index (κ3) is 15.4. The number of halogens is 3. The molecule has 0 saturated carbocycles. The lowest BCUT2D eigenvalue weighted by atomic mass is 9.95. The molecule has 0 spiro atoms. The number of rotatable bonds is 13. The van der Waals surface area contributed by atoms with Crippen LogP contribution in [0.2, 0.25) is 10.0 Å². The fourth-order valence-corrected chi connectivity index (χ4v) is 16.1. The van der Waals surface area contributed by atoms with E-state index < -0.39 is 29.7 Å². The first-order valence-electron chi connectivity index (χ1n) is 35.5. The van der Waals surface area contributed by atoms with Gasteiger partial charge in [0.25, 0.3) is 0 Å². The first-order chi connectivity index (χ1) is 49.0. The minimum Gasteiger partial charge on any atom is -0.494 e. The first kappa shape index (κ1) is 72.1. The molecule has 15 nitrogen and oxygen atoms in total. The van der Waals surface area contributed by atoms with Crippen molar-refractivity contribution in [2.45, 2.75) is 137 Å². The van der Waals surface area contributed by atoms with Crippen LogP contribution in [0.5, 0.6) is 5.75 Å². The minimum atomic E-state index is -0.894. The molecule has 0 fully saturated rings. The van der Waals surface area contributed by atoms with Crippen LogP contribution >= 0.6 is 23.2 Å². The van der Waals surface area contributed by atoms with E-state index >= 15 is 0 Å². The number of methoxy groups -OCH3 is 1. The fraction of sp³-hybridized carbons (Fsp3) is 0.357. The van der Waals surface area contributed by atoms with Crippen molar-refractivity contribution in [3.63, 3.8) is 0 Å². The Balaban J connectivity index is 0.000000121. The van der Waals surface area contributed by atoms with Gasteiger partial charge in [0.1, 0.15) is 5.60 Å². The minimum absolute atomic E-state index is 0.174. The average molecular weight is 1410 g/mol. The Hall–Kier alpha value is -8.23. The fourth-order valence-electron chi connectivity index (χ4n) is 15.8. The molecule has 12 aromatic rings. The Morgan fingerprint density at radius 2 is 0.824 bits per heavy atom. The number of hydrogen-bond acceptors (Lipinski definition) is 11. The van der Waals surface area contributed by atoms with Crippen molar-refractivity contribution in [3.8, 4) is 5.75 Å². The van der Waals surface area contributed by atoms with Crippen LogP contribution in [0.4, 0.5) is 4.39 Å². The monoisotopic (exact) mass is 1410 g/mol. The van der Waals surface area contributed by atoms with E-state index in [2.05, 4.69) is 132 Å². The molecule has 4 atom stereocenters. The van der Waals surface area contributed by atoms with Crippen molar-refractivity contribution >= 4 is 66.8 Å². The first-order valence-corrected chi connectivity index (χ1v) is 36.3. The molecule has 4 unspecified atom stereocenters. The summed E-state index contributed by atoms with van der Waals surface area (Å²) < 4.78 is 28.1. The number of aliphatic hydroxyl groups excluding tert-OH is 3. The van der Waals surface area contributed by atoms with E-state index in [1.807, 2.05) is 99.8 Å². The van der Waals surface area contributed by atoms with Crippen molar-refractivity contribution in [2.75, 3.05) is 61.5 Å². The number of aryl methyl sites for hydroxylation is 4. The summed E-state index contributed by atoms with van der Waals surface area (Å²) in [6.45, 7) is 20.1. The quantitative estimate of drug-likeness (QED) is 0.0874. The van der Waals surface area contributed by atoms with Gasteiger partial charge in [-0.25, -0.2) is 4.39 Å². The number of fused-ring (bicyclic) bond motifs is 12. The topological polar surface area (TPSA) is 149 Å². The van der Waals surface area contributed by atoms with Gasteiger partial charge in [-0.2, -0.15) is 0 Å². The Kier molecular flexibility index (Phi) is 21.6. The molecule has 10 heterocycles. The molecule has 4 aliphatic rings. The van der Waals surface area contributed by atoms with Gasteiger partial charge in [0.15, 0.2) is 11.6 Å². The van der Waals surface area contributed by atoms with Gasteiger partial charge < -0.3 is 63.0 Å². The van der Waals surface area contributed by atoms with E-state index in [-0.39, 0.29) is 5.75 Å². The smallest absolute Gasteiger partial charge is 0.165 e. The zero-order valence-electron chi connectivity index (χ0n) is 60.4. The van der Waals surface area contributed by atoms with E-state index in [9.17, 15) is 24.8 Å². The maximum Gasteiger partial charge on any atom is 0.165 e. The van der Waals surface area contributed by atoms with Crippen LogP contribution in [-0.2, 0) is 83.6 Å². The summed E-state index contributed by atoms with van der Waals surface area (Å²) in [6.07, 6.45) is 9.15. The van der Waals surface area contributed by atoms with Crippen molar-refractivity contribution in [2.24, 2.45) is 0 Å². The predicted octanol–water partition coefficient (Wildman–Crippen LogP) is 15.1. The lowest BCUT2D eigenvalue weighted by Crippen LogP contribution is -2.31. The molecule has 6 aromatic carbocycles. The highest BCUT2D eigenvalue weighted by Crippen LogP contribution is 2.39. The van der Waals surface area contributed by atoms with Gasteiger partial charge in [-0.3, -0.25) is 9.97 Å². The molecule has 4 aliphatic heterocycles. The summed E-state index contributed by atoms with van der Waals surface area (Å²) in [4.78, 5) is 17.8. The normalized spacial score (nSPS) is 16.4. The Morgan fingerprint density at radius 3 is 1.22 bits per heavy atom. The highest BCUT2D eigenvalue weighted by atomic mass is 35.5. The Morgan fingerprint density at radius 1 is 0.451 bits per heavy atom. The Bertz CT molecular complexity index is 4870. The van der Waals surface area contributed by atoms with E-state index in [0.29, 0.717) is 36.8 Å². The summed E-state index contributed by atoms with van der Waals surface area (Å²) in [5, 5.41) is 50.0. The van der Waals surface area contributed by atoms with Crippen LogP contribution in [-0.4, -0.2) is 130 Å². The second-order valence-corrected chi connectivity index (χ2v) is 30.0. The molecule has 0 bridgehead atoms. The highest BCUT2D eigenvalue weighted by molar-refractivity contribution is 6.31. The van der Waals surface area contributed by atoms with E-state index in [0.717, 1.165) is 127 Å². The van der Waals surface area contributed by atoms with E-state index in [1.165, 1.54) is 96.5 Å². The molecule has 102 heavy (non-hydrogen) atoms. The molecular formula is C84H95Cl2FN10O5. The van der Waals surface area contributed by atoms with E-state index in [1.54, 1.807) is 30.7 Å². The lowest BCUT2D eigenvalue weighted by Gasteiger charge is -2.29. The number of pyridine rings is 2. The number of ether oxygens (including phenoxy) is 1. The standard InChI is InChI=1S/C22H26N2O.C21H22ClFN2O2.C21H25N3O.C20H22ClN3O/c1-16-9-10-20-18(13-16)19-14-23(3)12-11-21(19)24(20)15-22(2,25)17-7-5-4-6-8-17;1-24-8-7-19-16(11-24)15-10-14(22)4-5-18(15)25(19)12-20(26)13-3-6-21(27-2)17(23)9-13;1-14-4-5-19-17(9-14)18-12-23(3)7-6-20(18)24(19)13-21(25)16-8-15(2)10-22-11-16;1-13-7-14(10-22-9-13)20(25)12-24-18-4-3-15(21)8-16(18)17-11-23(2)6-5-19(17)24/h4-10,13,25H,11-12,14-15H2,1-3H3;3-6,9-10,20,26H,7-8,11-12H2,1-2H3;4-5,8-11,21,25H,6-7,12-13H2,1-3H3;3-4,7-10,20,25H,5-6,11-12H2,1-2H3. The molecular weight excluding hydrogens is 1320 g/mol. The predicted molar refractivity (Wildman–Crippen MR) is 409 cm³/mol. The summed E-state index contributed by atoms with van der Waals surface area (Å²) in [5.74, 6) is -0.297. The van der Waals surface area contributed by atoms with Crippen LogP contribution in [0.3, 0.4) is 0 Å². The summed E-state index contributed by atoms with van der Waals surface area (Å²) >= 11 is 12.5. The second-order valence-electron chi connectivity index (χ2n) is 29.1. The molecule has 0 amide bonds. The van der Waals surface area contributed by atoms with Gasteiger partial charge in [0, 0.05) is 190 Å². The lowest BCUT2D eigenvalue weighted by molar-refractivity contribution is 0.0385. The molecule has 4 N–H and O–H groups in total. The van der Waals surface area contributed by atoms with Crippen LogP contribution in [0.1, 0.15) is 115 Å². The number of aromatic nitrogens is 6. The molecule has 6 aromatic heterocycles. The number of likely N-dealkylation sites (N-methyl/N-ethyl adjacent to an activating group) is 4. The van der Waals surface area contributed by atoms with Gasteiger partial charge in [0.05, 0.1) is 51.6 Å². The van der Waals surface area contributed by atoms with Crippen molar-refractivity contribution < 1.29 is 29.6 Å². The number of nitrogens with zero attached hydrogens (tertiary/aromatic N) is 10. The number of aliphatic hydroxyl groups is 4. The summed E-state index contributed by atoms with van der Waals surface area (Å²) in [7, 11) is 10.0. The van der Waals surface area contributed by atoms with Crippen LogP contribution < -0.4 is 4.74 Å². The second kappa shape index (κ2) is 30.6. The Labute approximate surface area is 608 Å². The zero-order chi connectivity index (χ0) is 71.8. The van der Waals surface area contributed by atoms with Crippen LogP contribution in [0, 0.1) is 33.5 Å². The van der Waals surface area contributed by atoms with Crippen molar-refractivity contribution in [3.05, 3.63) is 264 Å². The zero-order valence-corrected chi connectivity index (χ0v) is 61.9. The number of benzene rings is 6. The van der Waals surface area contributed by atoms with Gasteiger partial charge in [-0.05, 0) is 180 Å². The largest absolute Gasteiger partial charge is 0.494 e. The maximum absolute atomic E-state index is 14.0. The highest BCUT2D eigenvalue weighted by Gasteiger charge is 2.31. The SMILES string of the molecule is COc1ccc(C(O)Cn2c3c(c4cc(Cl)ccc42)CN(C)CC3)cc1F.Cc1ccc2c(c1)c1c(n2CC(C)(O)c2ccccc2)CCN(C)C1.Cc1cncc(C(O)Cn2c3c(c4cc(C)ccc42)CN(C)CC3)c1.Cc1cncc(C(O)Cn2c3c(c4cc(Cl)ccc42)CN(C)CC3)c1. The molecule has 532 valence electrons. The van der Waals surface area contributed by atoms with Gasteiger partial charge in [-0.1, -0.05) is 95.0 Å². The summed E-state index contributed by atoms with van der Waals surface area (Å²) in [5.41, 5.74) is 22.4. The molecule has 0 radical (unpaired) electrons. The third-order valence-electron chi connectivity index (χ3n) is 21.1. The third-order valence-corrected chi connectivity index (χ3v) is 21.5. The van der Waals surface area contributed by atoms with Crippen LogP contribution in [0.25, 0.3) is 43.6 Å². The summed E-state index contributed by atoms with van der Waals surface area (Å²) in [6, 6.07) is 43.8. The maximum atomic E-state index is 14.0. The molecule has 18 heteroatoms. The van der Waals surface area contributed by atoms with Gasteiger partial charge in [0.2, 0.25) is 0 Å². The van der Waals surface area contributed by atoms with E-state index in [4.69, 9.17) is 27.9 Å². The van der Waals surface area contributed by atoms with Crippen molar-refractivity contribution in [1.82, 2.24) is 47.8 Å².